The van der Waals surface area contributed by atoms with Crippen LogP contribution in [0.2, 0.25) is 10.0 Å². The molecule has 2 saturated heterocycles. The third-order valence-corrected chi connectivity index (χ3v) is 6.60. The molecule has 8 heteroatoms. The van der Waals surface area contributed by atoms with E-state index in [-0.39, 0.29) is 5.91 Å². The van der Waals surface area contributed by atoms with Gasteiger partial charge in [-0.3, -0.25) is 4.79 Å². The zero-order chi connectivity index (χ0) is 21.0. The summed E-state index contributed by atoms with van der Waals surface area (Å²) in [4.78, 5) is 28.0. The fourth-order valence-corrected chi connectivity index (χ4v) is 5.15. The minimum atomic E-state index is -1.38. The number of hydrogen-bond acceptors (Lipinski definition) is 5. The molecule has 2 aliphatic heterocycles. The standard InChI is InChI=1S/C21H20Cl2N2O4/c1-12-18(26)24-21(29-3,13-8-5-4-6-9-13)25-17(20(12,25)19(27)28-2)16-14(22)10-7-11-15(16)23/h4-12,17H,1-3H3,(H,24,26)/t12-,17-,20-,21-,25?/m1/s1. The number of ether oxygens (including phenoxy) is 2. The van der Waals surface area contributed by atoms with Crippen molar-refractivity contribution < 1.29 is 19.1 Å². The molecule has 0 aliphatic carbocycles. The zero-order valence-corrected chi connectivity index (χ0v) is 17.6. The number of benzene rings is 2. The molecule has 2 heterocycles. The number of rotatable bonds is 4. The van der Waals surface area contributed by atoms with E-state index in [1.54, 1.807) is 30.0 Å². The second-order valence-electron chi connectivity index (χ2n) is 7.15. The van der Waals surface area contributed by atoms with E-state index in [2.05, 4.69) is 5.32 Å². The molecular formula is C21H20Cl2N2O4. The van der Waals surface area contributed by atoms with Crippen LogP contribution in [-0.2, 0) is 24.9 Å². The van der Waals surface area contributed by atoms with Crippen LogP contribution in [0.1, 0.15) is 24.1 Å². The Morgan fingerprint density at radius 3 is 2.24 bits per heavy atom. The Hall–Kier alpha value is -2.12. The number of methoxy groups -OCH3 is 2. The number of halogens is 2. The molecule has 1 unspecified atom stereocenters. The Labute approximate surface area is 178 Å². The Bertz CT molecular complexity index is 966. The second-order valence-corrected chi connectivity index (χ2v) is 7.96. The lowest BCUT2D eigenvalue weighted by Crippen LogP contribution is -2.64. The number of fused-ring (bicyclic) bond motifs is 1. The molecular weight excluding hydrogens is 415 g/mol. The maximum absolute atomic E-state index is 13.1. The predicted molar refractivity (Wildman–Crippen MR) is 108 cm³/mol. The molecule has 0 bridgehead atoms. The van der Waals surface area contributed by atoms with Gasteiger partial charge in [-0.1, -0.05) is 66.5 Å². The van der Waals surface area contributed by atoms with E-state index in [1.807, 2.05) is 30.3 Å². The first-order valence-electron chi connectivity index (χ1n) is 9.10. The topological polar surface area (TPSA) is 67.6 Å². The lowest BCUT2D eigenvalue weighted by Gasteiger charge is -2.42. The van der Waals surface area contributed by atoms with E-state index in [0.717, 1.165) is 0 Å². The SMILES string of the molecule is COC(=O)[C@]12[C@H](C)C(=O)N[C@](OC)(c3ccccc3)N1[C@@H]2c1c(Cl)cccc1Cl. The number of hydrogen-bond donors (Lipinski definition) is 1. The van der Waals surface area contributed by atoms with Crippen molar-refractivity contribution >= 4 is 35.1 Å². The molecule has 1 N–H and O–H groups in total. The zero-order valence-electron chi connectivity index (χ0n) is 16.1. The first kappa shape index (κ1) is 20.2. The van der Waals surface area contributed by atoms with Crippen molar-refractivity contribution in [3.05, 3.63) is 69.7 Å². The normalized spacial score (nSPS) is 32.9. The summed E-state index contributed by atoms with van der Waals surface area (Å²) in [6.45, 7) is 1.69. The van der Waals surface area contributed by atoms with Gasteiger partial charge < -0.3 is 14.8 Å². The Balaban J connectivity index is 2.00. The number of amides is 1. The molecule has 2 aromatic carbocycles. The Morgan fingerprint density at radius 2 is 1.69 bits per heavy atom. The van der Waals surface area contributed by atoms with Crippen molar-refractivity contribution in [1.29, 1.82) is 0 Å². The highest BCUT2D eigenvalue weighted by atomic mass is 35.5. The fourth-order valence-electron chi connectivity index (χ4n) is 4.54. The van der Waals surface area contributed by atoms with Crippen molar-refractivity contribution in [3.8, 4) is 0 Å². The Morgan fingerprint density at radius 1 is 1.07 bits per heavy atom. The number of carbonyl (C=O) groups excluding carboxylic acids is 2. The highest BCUT2D eigenvalue weighted by Crippen LogP contribution is 2.67. The highest BCUT2D eigenvalue weighted by Gasteiger charge is 2.82. The van der Waals surface area contributed by atoms with Crippen LogP contribution in [0.3, 0.4) is 0 Å². The summed E-state index contributed by atoms with van der Waals surface area (Å²) >= 11 is 13.0. The van der Waals surface area contributed by atoms with Gasteiger partial charge in [0.05, 0.1) is 19.1 Å². The molecule has 152 valence electrons. The number of carbonyl (C=O) groups is 2. The minimum absolute atomic E-state index is 0.331. The average Bonchev–Trinajstić information content (AvgIpc) is 3.42. The maximum Gasteiger partial charge on any atom is 0.329 e. The molecule has 0 saturated carbocycles. The molecule has 4 rings (SSSR count). The van der Waals surface area contributed by atoms with E-state index in [4.69, 9.17) is 32.7 Å². The van der Waals surface area contributed by atoms with Gasteiger partial charge in [0, 0.05) is 28.3 Å². The molecule has 2 fully saturated rings. The quantitative estimate of drug-likeness (QED) is 0.589. The number of esters is 1. The third kappa shape index (κ3) is 2.56. The molecule has 29 heavy (non-hydrogen) atoms. The fraction of sp³-hybridized carbons (Fsp3) is 0.333. The first-order chi connectivity index (χ1) is 13.9. The largest absolute Gasteiger partial charge is 0.468 e. The van der Waals surface area contributed by atoms with Gasteiger partial charge in [-0.05, 0) is 12.1 Å². The number of nitrogens with zero attached hydrogens (tertiary/aromatic N) is 1. The van der Waals surface area contributed by atoms with Crippen molar-refractivity contribution in [1.82, 2.24) is 10.2 Å². The third-order valence-electron chi connectivity index (χ3n) is 5.94. The van der Waals surface area contributed by atoms with Crippen LogP contribution in [0, 0.1) is 5.92 Å². The molecule has 0 spiro atoms. The molecule has 0 aromatic heterocycles. The van der Waals surface area contributed by atoms with Crippen molar-refractivity contribution in [3.63, 3.8) is 0 Å². The molecule has 5 atom stereocenters. The molecule has 2 aliphatic rings. The smallest absolute Gasteiger partial charge is 0.329 e. The summed E-state index contributed by atoms with van der Waals surface area (Å²) < 4.78 is 11.0. The van der Waals surface area contributed by atoms with Gasteiger partial charge in [0.25, 0.3) is 0 Å². The van der Waals surface area contributed by atoms with E-state index < -0.39 is 29.3 Å². The van der Waals surface area contributed by atoms with Gasteiger partial charge in [0.15, 0.2) is 5.54 Å². The lowest BCUT2D eigenvalue weighted by atomic mass is 9.85. The Kier molecular flexibility index (Phi) is 4.86. The molecule has 2 aromatic rings. The lowest BCUT2D eigenvalue weighted by molar-refractivity contribution is -0.185. The van der Waals surface area contributed by atoms with Gasteiger partial charge >= 0.3 is 5.97 Å². The summed E-state index contributed by atoms with van der Waals surface area (Å²) in [5.74, 6) is -2.98. The summed E-state index contributed by atoms with van der Waals surface area (Å²) in [6, 6.07) is 13.7. The molecule has 6 nitrogen and oxygen atoms in total. The van der Waals surface area contributed by atoms with E-state index >= 15 is 0 Å². The van der Waals surface area contributed by atoms with Gasteiger partial charge in [0.1, 0.15) is 0 Å². The molecule has 1 amide bonds. The monoisotopic (exact) mass is 434 g/mol. The van der Waals surface area contributed by atoms with Gasteiger partial charge in [-0.2, -0.15) is 0 Å². The summed E-state index contributed by atoms with van der Waals surface area (Å²) in [7, 11) is 2.78. The van der Waals surface area contributed by atoms with Crippen LogP contribution in [0.15, 0.2) is 48.5 Å². The van der Waals surface area contributed by atoms with E-state index in [0.29, 0.717) is 21.2 Å². The minimum Gasteiger partial charge on any atom is -0.468 e. The average molecular weight is 435 g/mol. The van der Waals surface area contributed by atoms with Crippen LogP contribution in [0.25, 0.3) is 0 Å². The van der Waals surface area contributed by atoms with Gasteiger partial charge in [0.2, 0.25) is 11.8 Å². The first-order valence-corrected chi connectivity index (χ1v) is 9.86. The number of nitrogens with one attached hydrogen (secondary N) is 1. The summed E-state index contributed by atoms with van der Waals surface area (Å²) in [5.41, 5.74) is -0.0824. The van der Waals surface area contributed by atoms with Crippen molar-refractivity contribution in [2.24, 2.45) is 5.92 Å². The van der Waals surface area contributed by atoms with Crippen molar-refractivity contribution in [2.75, 3.05) is 14.2 Å². The van der Waals surface area contributed by atoms with Crippen LogP contribution in [-0.4, -0.2) is 36.5 Å². The van der Waals surface area contributed by atoms with Crippen LogP contribution >= 0.6 is 23.2 Å². The molecule has 0 radical (unpaired) electrons. The van der Waals surface area contributed by atoms with Gasteiger partial charge in [-0.25, -0.2) is 9.69 Å². The van der Waals surface area contributed by atoms with Crippen LogP contribution < -0.4 is 5.32 Å². The summed E-state index contributed by atoms with van der Waals surface area (Å²) in [6.07, 6.45) is 0. The van der Waals surface area contributed by atoms with Crippen LogP contribution in [0.5, 0.6) is 0 Å². The van der Waals surface area contributed by atoms with E-state index in [9.17, 15) is 9.59 Å². The maximum atomic E-state index is 13.1. The van der Waals surface area contributed by atoms with Gasteiger partial charge in [-0.15, -0.1) is 0 Å². The van der Waals surface area contributed by atoms with E-state index in [1.165, 1.54) is 14.2 Å². The second kappa shape index (κ2) is 6.99. The summed E-state index contributed by atoms with van der Waals surface area (Å²) in [5, 5.41) is 3.75. The van der Waals surface area contributed by atoms with Crippen molar-refractivity contribution in [2.45, 2.75) is 24.4 Å². The highest BCUT2D eigenvalue weighted by molar-refractivity contribution is 6.36. The van der Waals surface area contributed by atoms with Crippen LogP contribution in [0.4, 0.5) is 0 Å². The predicted octanol–water partition coefficient (Wildman–Crippen LogP) is 3.48.